The molecule has 1 aromatic rings. The van der Waals surface area contributed by atoms with Crippen molar-refractivity contribution < 1.29 is 14.3 Å². The number of fused-ring (bicyclic) bond motifs is 1. The van der Waals surface area contributed by atoms with Crippen molar-refractivity contribution >= 4 is 5.91 Å². The Bertz CT molecular complexity index is 592. The maximum atomic E-state index is 12.4. The topological polar surface area (TPSA) is 42.0 Å². The monoisotopic (exact) mass is 316 g/mol. The fourth-order valence-corrected chi connectivity index (χ4v) is 3.51. The van der Waals surface area contributed by atoms with Gasteiger partial charge in [-0.15, -0.1) is 0 Å². The highest BCUT2D eigenvalue weighted by atomic mass is 16.7. The Morgan fingerprint density at radius 2 is 1.91 bits per heavy atom. The minimum absolute atomic E-state index is 0.218. The highest BCUT2D eigenvalue weighted by Gasteiger charge is 2.35. The van der Waals surface area contributed by atoms with E-state index in [1.807, 2.05) is 6.07 Å². The molecule has 124 valence electrons. The van der Waals surface area contributed by atoms with Gasteiger partial charge in [0.05, 0.1) is 0 Å². The molecule has 0 radical (unpaired) electrons. The summed E-state index contributed by atoms with van der Waals surface area (Å²) < 4.78 is 10.8. The van der Waals surface area contributed by atoms with Crippen molar-refractivity contribution in [1.29, 1.82) is 0 Å². The van der Waals surface area contributed by atoms with Gasteiger partial charge in [0, 0.05) is 38.6 Å². The van der Waals surface area contributed by atoms with Crippen LogP contribution in [-0.2, 0) is 11.3 Å². The maximum absolute atomic E-state index is 12.4. The number of nitrogens with zero attached hydrogens (tertiary/aromatic N) is 2. The predicted molar refractivity (Wildman–Crippen MR) is 86.3 cm³/mol. The van der Waals surface area contributed by atoms with Crippen LogP contribution in [0, 0.1) is 11.8 Å². The molecule has 4 rings (SSSR count). The third-order valence-corrected chi connectivity index (χ3v) is 5.25. The van der Waals surface area contributed by atoms with Crippen molar-refractivity contribution in [3.05, 3.63) is 23.8 Å². The van der Waals surface area contributed by atoms with E-state index in [-0.39, 0.29) is 5.92 Å². The number of ether oxygens (including phenoxy) is 2. The van der Waals surface area contributed by atoms with Crippen LogP contribution in [-0.4, -0.2) is 48.7 Å². The van der Waals surface area contributed by atoms with Crippen LogP contribution in [0.1, 0.15) is 25.3 Å². The number of hydrogen-bond donors (Lipinski definition) is 0. The minimum Gasteiger partial charge on any atom is -0.454 e. The molecule has 1 saturated carbocycles. The second kappa shape index (κ2) is 6.04. The van der Waals surface area contributed by atoms with Gasteiger partial charge in [-0.05, 0) is 36.5 Å². The second-order valence-electron chi connectivity index (χ2n) is 6.92. The quantitative estimate of drug-likeness (QED) is 0.853. The van der Waals surface area contributed by atoms with Crippen molar-refractivity contribution in [2.45, 2.75) is 26.3 Å². The normalized spacial score (nSPS) is 22.2. The van der Waals surface area contributed by atoms with Crippen LogP contribution in [0.4, 0.5) is 0 Å². The van der Waals surface area contributed by atoms with E-state index in [1.54, 1.807) is 0 Å². The fraction of sp³-hybridized carbons (Fsp3) is 0.611. The van der Waals surface area contributed by atoms with Crippen LogP contribution < -0.4 is 9.47 Å². The smallest absolute Gasteiger partial charge is 0.231 e. The fourth-order valence-electron chi connectivity index (χ4n) is 3.51. The van der Waals surface area contributed by atoms with E-state index < -0.39 is 0 Å². The highest BCUT2D eigenvalue weighted by molar-refractivity contribution is 5.79. The summed E-state index contributed by atoms with van der Waals surface area (Å²) in [4.78, 5) is 16.9. The third kappa shape index (κ3) is 3.15. The lowest BCUT2D eigenvalue weighted by molar-refractivity contribution is -0.137. The number of carbonyl (C=O) groups excluding carboxylic acids is 1. The lowest BCUT2D eigenvalue weighted by atomic mass is 10.0. The van der Waals surface area contributed by atoms with E-state index in [0.29, 0.717) is 18.6 Å². The van der Waals surface area contributed by atoms with E-state index in [2.05, 4.69) is 28.9 Å². The summed E-state index contributed by atoms with van der Waals surface area (Å²) in [5.41, 5.74) is 1.24. The molecule has 2 aliphatic heterocycles. The van der Waals surface area contributed by atoms with Crippen LogP contribution in [0.15, 0.2) is 18.2 Å². The SMILES string of the molecule is CC(C(=O)N1CCN(Cc2ccc3c(c2)OCO3)CC1)C1CC1. The lowest BCUT2D eigenvalue weighted by Gasteiger charge is -2.36. The molecule has 2 fully saturated rings. The number of rotatable bonds is 4. The van der Waals surface area contributed by atoms with Gasteiger partial charge in [0.25, 0.3) is 0 Å². The predicted octanol–water partition coefficient (Wildman–Crippen LogP) is 2.11. The van der Waals surface area contributed by atoms with E-state index in [0.717, 1.165) is 44.2 Å². The first-order valence-corrected chi connectivity index (χ1v) is 8.60. The van der Waals surface area contributed by atoms with Crippen LogP contribution in [0.5, 0.6) is 11.5 Å². The molecule has 1 amide bonds. The molecular weight excluding hydrogens is 292 g/mol. The second-order valence-corrected chi connectivity index (χ2v) is 6.92. The molecule has 2 heterocycles. The first-order chi connectivity index (χ1) is 11.2. The largest absolute Gasteiger partial charge is 0.454 e. The molecule has 23 heavy (non-hydrogen) atoms. The molecule has 0 spiro atoms. The first-order valence-electron chi connectivity index (χ1n) is 8.60. The standard InChI is InChI=1S/C18H24N2O3/c1-13(15-3-4-15)18(21)20-8-6-19(7-9-20)11-14-2-5-16-17(10-14)23-12-22-16/h2,5,10,13,15H,3-4,6-9,11-12H2,1H3. The van der Waals surface area contributed by atoms with Gasteiger partial charge < -0.3 is 14.4 Å². The van der Waals surface area contributed by atoms with Crippen molar-refractivity contribution in [2.24, 2.45) is 11.8 Å². The van der Waals surface area contributed by atoms with Gasteiger partial charge in [-0.25, -0.2) is 0 Å². The summed E-state index contributed by atoms with van der Waals surface area (Å²) in [5.74, 6) is 2.90. The average Bonchev–Trinajstić information content (AvgIpc) is 3.32. The molecule has 5 nitrogen and oxygen atoms in total. The Morgan fingerprint density at radius 3 is 2.65 bits per heavy atom. The Balaban J connectivity index is 1.30. The van der Waals surface area contributed by atoms with Gasteiger partial charge in [0.1, 0.15) is 0 Å². The van der Waals surface area contributed by atoms with E-state index in [4.69, 9.17) is 9.47 Å². The average molecular weight is 316 g/mol. The molecule has 1 saturated heterocycles. The highest BCUT2D eigenvalue weighted by Crippen LogP contribution is 2.37. The van der Waals surface area contributed by atoms with Crippen molar-refractivity contribution in [3.8, 4) is 11.5 Å². The molecular formula is C18H24N2O3. The van der Waals surface area contributed by atoms with Crippen molar-refractivity contribution in [2.75, 3.05) is 33.0 Å². The lowest BCUT2D eigenvalue weighted by Crippen LogP contribution is -2.49. The van der Waals surface area contributed by atoms with Crippen LogP contribution in [0.25, 0.3) is 0 Å². The third-order valence-electron chi connectivity index (χ3n) is 5.25. The van der Waals surface area contributed by atoms with Gasteiger partial charge in [0.2, 0.25) is 12.7 Å². The molecule has 0 N–H and O–H groups in total. The molecule has 0 bridgehead atoms. The zero-order chi connectivity index (χ0) is 15.8. The van der Waals surface area contributed by atoms with Gasteiger partial charge in [-0.1, -0.05) is 13.0 Å². The Hall–Kier alpha value is -1.75. The summed E-state index contributed by atoms with van der Waals surface area (Å²) in [6, 6.07) is 6.14. The molecule has 1 atom stereocenters. The van der Waals surface area contributed by atoms with E-state index in [1.165, 1.54) is 18.4 Å². The van der Waals surface area contributed by atoms with Crippen molar-refractivity contribution in [1.82, 2.24) is 9.80 Å². The van der Waals surface area contributed by atoms with Gasteiger partial charge in [-0.2, -0.15) is 0 Å². The Morgan fingerprint density at radius 1 is 1.17 bits per heavy atom. The zero-order valence-electron chi connectivity index (χ0n) is 13.7. The molecule has 5 heteroatoms. The Labute approximate surface area is 137 Å². The van der Waals surface area contributed by atoms with Crippen LogP contribution >= 0.6 is 0 Å². The number of hydrogen-bond acceptors (Lipinski definition) is 4. The summed E-state index contributed by atoms with van der Waals surface area (Å²) in [7, 11) is 0. The van der Waals surface area contributed by atoms with Gasteiger partial charge in [0.15, 0.2) is 11.5 Å². The Kier molecular flexibility index (Phi) is 3.89. The van der Waals surface area contributed by atoms with Gasteiger partial charge in [-0.3, -0.25) is 9.69 Å². The first kappa shape index (κ1) is 14.8. The summed E-state index contributed by atoms with van der Waals surface area (Å²) in [5, 5.41) is 0. The number of carbonyl (C=O) groups is 1. The maximum Gasteiger partial charge on any atom is 0.231 e. The molecule has 1 aliphatic carbocycles. The minimum atomic E-state index is 0.218. The summed E-state index contributed by atoms with van der Waals surface area (Å²) >= 11 is 0. The zero-order valence-corrected chi connectivity index (χ0v) is 13.7. The van der Waals surface area contributed by atoms with Crippen LogP contribution in [0.3, 0.4) is 0 Å². The van der Waals surface area contributed by atoms with Crippen LogP contribution in [0.2, 0.25) is 0 Å². The molecule has 1 aromatic carbocycles. The van der Waals surface area contributed by atoms with E-state index in [9.17, 15) is 4.79 Å². The van der Waals surface area contributed by atoms with Crippen molar-refractivity contribution in [3.63, 3.8) is 0 Å². The molecule has 0 aromatic heterocycles. The van der Waals surface area contributed by atoms with E-state index >= 15 is 0 Å². The number of amides is 1. The molecule has 3 aliphatic rings. The summed E-state index contributed by atoms with van der Waals surface area (Å²) in [6.45, 7) is 6.89. The summed E-state index contributed by atoms with van der Waals surface area (Å²) in [6.07, 6.45) is 2.47. The number of benzene rings is 1. The van der Waals surface area contributed by atoms with Gasteiger partial charge >= 0.3 is 0 Å². The number of piperazine rings is 1. The molecule has 1 unspecified atom stereocenters.